The molecule has 6 aliphatic heterocycles. The van der Waals surface area contributed by atoms with Gasteiger partial charge in [-0.3, -0.25) is 19.6 Å². The van der Waals surface area contributed by atoms with Gasteiger partial charge < -0.3 is 19.7 Å². The lowest BCUT2D eigenvalue weighted by atomic mass is 9.69. The molecule has 6 heterocycles. The van der Waals surface area contributed by atoms with E-state index in [1.165, 1.54) is 58.2 Å². The second-order valence-electron chi connectivity index (χ2n) is 21.1. The molecule has 13 nitrogen and oxygen atoms in total. The van der Waals surface area contributed by atoms with Crippen molar-refractivity contribution in [2.45, 2.75) is 203 Å². The van der Waals surface area contributed by atoms with E-state index in [0.717, 1.165) is 64.3 Å². The Bertz CT molecular complexity index is 1560. The summed E-state index contributed by atoms with van der Waals surface area (Å²) in [5.41, 5.74) is 16.2. The summed E-state index contributed by atoms with van der Waals surface area (Å²) in [6.45, 7) is 16.9. The minimum atomic E-state index is -0.187. The normalized spacial score (nSPS) is 46.6. The highest BCUT2D eigenvalue weighted by Crippen LogP contribution is 2.51. The molecule has 3 aliphatic carbocycles. The van der Waals surface area contributed by atoms with E-state index in [0.29, 0.717) is 58.1 Å². The van der Waals surface area contributed by atoms with Gasteiger partial charge in [-0.1, -0.05) is 20.8 Å². The van der Waals surface area contributed by atoms with E-state index in [1.807, 2.05) is 0 Å². The molecule has 14 unspecified atom stereocenters. The van der Waals surface area contributed by atoms with Crippen molar-refractivity contribution in [2.24, 2.45) is 40.0 Å². The van der Waals surface area contributed by atoms with Crippen molar-refractivity contribution < 1.29 is 14.3 Å². The molecule has 1 amide bonds. The number of thioether (sulfide) groups is 1. The predicted octanol–water partition coefficient (Wildman–Crippen LogP) is 4.95. The van der Waals surface area contributed by atoms with E-state index >= 15 is 0 Å². The number of likely N-dealkylation sites (tertiary alicyclic amines) is 2. The van der Waals surface area contributed by atoms with E-state index in [9.17, 15) is 10.1 Å². The van der Waals surface area contributed by atoms with Crippen molar-refractivity contribution in [2.75, 3.05) is 33.3 Å². The number of piperidine rings is 1. The first-order valence-electron chi connectivity index (χ1n) is 24.4. The summed E-state index contributed by atoms with van der Waals surface area (Å²) in [4.78, 5) is 27.3. The average Bonchev–Trinajstić information content (AvgIpc) is 3.92. The zero-order valence-electron chi connectivity index (χ0n) is 37.6. The molecular formula is C46H78N10O3S. The number of nitrogens with one attached hydrogen (secondary N) is 5. The highest BCUT2D eigenvalue weighted by molar-refractivity contribution is 8.00. The van der Waals surface area contributed by atoms with Gasteiger partial charge >= 0.3 is 0 Å². The van der Waals surface area contributed by atoms with Crippen LogP contribution in [0.1, 0.15) is 131 Å². The molecule has 8 fully saturated rings. The maximum atomic E-state index is 13.4. The SMILES string of the molecule is COC1CC(OC2CCC(NC(=O)C3CCC(N4CCC5(CCN(C6CCC(C7=N[C@@H](C)C8NNC(C)N8C8SC(C)C(C)C78)C(C)C6)CC5)C4)NN3)CC2)CCC1C#N. The Kier molecular flexibility index (Phi) is 13.6. The van der Waals surface area contributed by atoms with Crippen molar-refractivity contribution in [1.29, 1.82) is 5.26 Å². The standard InChI is InChI=1S/C46H78N10O3S/c1-27-23-34(10-14-37(27)42-41-28(2)30(4)60-45(41)56-31(5)50-53-43(56)29(3)48-42)54-20-17-46(18-21-54)19-22-55(26-46)40-16-15-38(51-52-40)44(57)49-33-8-12-35(13-9-33)59-36-11-7-32(25-47)39(24-36)58-6/h27-41,43,45,50-53H,7-24,26H2,1-6H3,(H,49,57)/t27?,28?,29-,30?,31?,32?,33?,34?,35?,36?,37?,38?,39?,40?,41?,43?,45?/m0/s1. The van der Waals surface area contributed by atoms with E-state index in [-0.39, 0.29) is 54.4 Å². The van der Waals surface area contributed by atoms with Gasteiger partial charge in [0.25, 0.3) is 0 Å². The number of carbonyl (C=O) groups excluding carboxylic acids is 1. The maximum Gasteiger partial charge on any atom is 0.238 e. The molecule has 0 bridgehead atoms. The highest BCUT2D eigenvalue weighted by Gasteiger charge is 2.54. The second kappa shape index (κ2) is 18.6. The summed E-state index contributed by atoms with van der Waals surface area (Å²) in [5, 5.41) is 13.9. The number of hydrogen-bond donors (Lipinski definition) is 5. The lowest BCUT2D eigenvalue weighted by Crippen LogP contribution is -2.62. The molecule has 0 aromatic heterocycles. The zero-order valence-corrected chi connectivity index (χ0v) is 38.4. The number of carbonyl (C=O) groups is 1. The molecule has 14 heteroatoms. The van der Waals surface area contributed by atoms with E-state index in [4.69, 9.17) is 14.5 Å². The molecule has 0 radical (unpaired) electrons. The molecule has 15 atom stereocenters. The summed E-state index contributed by atoms with van der Waals surface area (Å²) in [7, 11) is 1.70. The molecule has 1 spiro atoms. The Labute approximate surface area is 365 Å². The van der Waals surface area contributed by atoms with Gasteiger partial charge in [-0.2, -0.15) is 5.26 Å². The van der Waals surface area contributed by atoms with Crippen molar-refractivity contribution in [3.8, 4) is 6.07 Å². The van der Waals surface area contributed by atoms with Gasteiger partial charge in [0, 0.05) is 55.6 Å². The number of hydrogen-bond acceptors (Lipinski definition) is 13. The first kappa shape index (κ1) is 43.9. The van der Waals surface area contributed by atoms with Gasteiger partial charge in [-0.15, -0.1) is 11.8 Å². The largest absolute Gasteiger partial charge is 0.380 e. The van der Waals surface area contributed by atoms with E-state index in [1.54, 1.807) is 12.8 Å². The summed E-state index contributed by atoms with van der Waals surface area (Å²) >= 11 is 2.19. The third-order valence-electron chi connectivity index (χ3n) is 17.5. The fourth-order valence-electron chi connectivity index (χ4n) is 13.6. The molecule has 9 rings (SSSR count). The number of methoxy groups -OCH3 is 1. The number of rotatable bonds is 8. The molecule has 0 aromatic carbocycles. The van der Waals surface area contributed by atoms with Crippen LogP contribution in [0.25, 0.3) is 0 Å². The van der Waals surface area contributed by atoms with Gasteiger partial charge in [0.1, 0.15) is 6.04 Å². The first-order chi connectivity index (χ1) is 29.0. The number of hydrazine groups is 2. The number of amides is 1. The van der Waals surface area contributed by atoms with Crippen LogP contribution in [0, 0.1) is 46.3 Å². The quantitative estimate of drug-likeness (QED) is 0.226. The Morgan fingerprint density at radius 3 is 2.32 bits per heavy atom. The fraction of sp³-hybridized carbons (Fsp3) is 0.935. The number of aliphatic imine (C=N–C) groups is 1. The molecule has 3 saturated carbocycles. The average molecular weight is 851 g/mol. The van der Waals surface area contributed by atoms with Crippen molar-refractivity contribution in [1.82, 2.24) is 41.7 Å². The van der Waals surface area contributed by atoms with Gasteiger partial charge in [-0.25, -0.2) is 21.7 Å². The summed E-state index contributed by atoms with van der Waals surface area (Å²) in [6, 6.07) is 3.38. The Morgan fingerprint density at radius 2 is 1.62 bits per heavy atom. The Morgan fingerprint density at radius 1 is 0.867 bits per heavy atom. The van der Waals surface area contributed by atoms with Crippen LogP contribution in [0.5, 0.6) is 0 Å². The lowest BCUT2D eigenvalue weighted by Gasteiger charge is -2.47. The van der Waals surface area contributed by atoms with Crippen molar-refractivity contribution in [3.05, 3.63) is 0 Å². The summed E-state index contributed by atoms with van der Waals surface area (Å²) < 4.78 is 12.1. The molecule has 0 aromatic rings. The third kappa shape index (κ3) is 8.86. The second-order valence-corrected chi connectivity index (χ2v) is 22.6. The topological polar surface area (TPSA) is 142 Å². The smallest absolute Gasteiger partial charge is 0.238 e. The third-order valence-corrected chi connectivity index (χ3v) is 19.2. The van der Waals surface area contributed by atoms with Gasteiger partial charge in [0.2, 0.25) is 5.91 Å². The number of nitrogens with zero attached hydrogens (tertiary/aromatic N) is 5. The lowest BCUT2D eigenvalue weighted by molar-refractivity contribution is -0.126. The molecule has 9 aliphatic rings. The van der Waals surface area contributed by atoms with Gasteiger partial charge in [0.05, 0.1) is 60.2 Å². The van der Waals surface area contributed by atoms with Gasteiger partial charge in [0.15, 0.2) is 0 Å². The predicted molar refractivity (Wildman–Crippen MR) is 237 cm³/mol. The minimum Gasteiger partial charge on any atom is -0.380 e. The molecule has 5 N–H and O–H groups in total. The summed E-state index contributed by atoms with van der Waals surface area (Å²) in [6.07, 6.45) is 17.4. The highest BCUT2D eigenvalue weighted by atomic mass is 32.2. The van der Waals surface area contributed by atoms with Crippen LogP contribution >= 0.6 is 11.8 Å². The summed E-state index contributed by atoms with van der Waals surface area (Å²) in [5.74, 6) is 2.56. The van der Waals surface area contributed by atoms with Crippen LogP contribution < -0.4 is 27.0 Å². The fourth-order valence-corrected chi connectivity index (χ4v) is 15.4. The first-order valence-corrected chi connectivity index (χ1v) is 25.4. The zero-order chi connectivity index (χ0) is 41.7. The van der Waals surface area contributed by atoms with Crippen LogP contribution in [0.15, 0.2) is 4.99 Å². The number of ether oxygens (including phenoxy) is 2. The van der Waals surface area contributed by atoms with Gasteiger partial charge in [-0.05, 0) is 140 Å². The van der Waals surface area contributed by atoms with Crippen LogP contribution in [-0.4, -0.2) is 131 Å². The number of fused-ring (bicyclic) bond motifs is 3. The van der Waals surface area contributed by atoms with E-state index < -0.39 is 0 Å². The number of nitriles is 1. The minimum absolute atomic E-state index is 0.0241. The molecule has 5 saturated heterocycles. The van der Waals surface area contributed by atoms with Crippen molar-refractivity contribution in [3.63, 3.8) is 0 Å². The molecule has 336 valence electrons. The van der Waals surface area contributed by atoms with Crippen LogP contribution in [0.4, 0.5) is 0 Å². The van der Waals surface area contributed by atoms with E-state index in [2.05, 4.69) is 94.2 Å². The van der Waals surface area contributed by atoms with Crippen LogP contribution in [0.2, 0.25) is 0 Å². The van der Waals surface area contributed by atoms with Crippen LogP contribution in [0.3, 0.4) is 0 Å². The maximum absolute atomic E-state index is 13.4. The Hall–Kier alpha value is -1.38. The molecular weight excluding hydrogens is 773 g/mol. The Balaban J connectivity index is 0.696. The molecule has 60 heavy (non-hydrogen) atoms. The van der Waals surface area contributed by atoms with Crippen molar-refractivity contribution >= 4 is 23.4 Å². The van der Waals surface area contributed by atoms with Crippen LogP contribution in [-0.2, 0) is 14.3 Å². The monoisotopic (exact) mass is 851 g/mol.